The van der Waals surface area contributed by atoms with Crippen LogP contribution in [0.2, 0.25) is 0 Å². The maximum atomic E-state index is 13.1. The number of rotatable bonds is 6. The molecule has 1 saturated heterocycles. The first kappa shape index (κ1) is 20.2. The van der Waals surface area contributed by atoms with Gasteiger partial charge in [-0.1, -0.05) is 54.2 Å². The Balaban J connectivity index is 1.31. The van der Waals surface area contributed by atoms with Crippen molar-refractivity contribution < 1.29 is 4.79 Å². The number of fused-ring (bicyclic) bond motifs is 1. The molecule has 4 aromatic rings. The molecule has 3 heterocycles. The van der Waals surface area contributed by atoms with Gasteiger partial charge in [0.05, 0.1) is 22.0 Å². The summed E-state index contributed by atoms with van der Waals surface area (Å²) in [7, 11) is 0. The van der Waals surface area contributed by atoms with Gasteiger partial charge in [-0.05, 0) is 31.9 Å². The summed E-state index contributed by atoms with van der Waals surface area (Å²) in [5.74, 6) is 1.33. The molecule has 0 spiro atoms. The average Bonchev–Trinajstić information content (AvgIpc) is 3.55. The second-order valence-corrected chi connectivity index (χ2v) is 9.47. The maximum absolute atomic E-state index is 13.1. The third kappa shape index (κ3) is 3.97. The van der Waals surface area contributed by atoms with E-state index in [0.717, 1.165) is 53.0 Å². The lowest BCUT2D eigenvalue weighted by molar-refractivity contribution is -0.129. The fraction of sp³-hybridized carbons (Fsp3) is 0.304. The molecule has 1 atom stereocenters. The second-order valence-electron chi connectivity index (χ2n) is 7.47. The fourth-order valence-electron chi connectivity index (χ4n) is 4.05. The van der Waals surface area contributed by atoms with Gasteiger partial charge in [0.1, 0.15) is 5.01 Å². The molecule has 158 valence electrons. The number of aromatic nitrogens is 4. The van der Waals surface area contributed by atoms with E-state index in [1.165, 1.54) is 16.5 Å². The van der Waals surface area contributed by atoms with Crippen LogP contribution in [0.15, 0.2) is 59.8 Å². The molecule has 1 fully saturated rings. The Kier molecular flexibility index (Phi) is 5.74. The van der Waals surface area contributed by atoms with Crippen LogP contribution >= 0.6 is 23.1 Å². The number of carbonyl (C=O) groups is 1. The Bertz CT molecular complexity index is 1170. The van der Waals surface area contributed by atoms with Gasteiger partial charge in [-0.15, -0.1) is 21.5 Å². The zero-order chi connectivity index (χ0) is 21.2. The Morgan fingerprint density at radius 1 is 1.13 bits per heavy atom. The maximum Gasteiger partial charge on any atom is 0.233 e. The molecular weight excluding hydrogens is 426 g/mol. The van der Waals surface area contributed by atoms with Gasteiger partial charge in [0.15, 0.2) is 11.0 Å². The molecule has 1 aliphatic rings. The Morgan fingerprint density at radius 3 is 2.74 bits per heavy atom. The fourth-order valence-corrected chi connectivity index (χ4v) is 6.05. The number of thiazole rings is 1. The summed E-state index contributed by atoms with van der Waals surface area (Å²) in [6, 6.07) is 18.3. The molecule has 6 nitrogen and oxygen atoms in total. The normalized spacial score (nSPS) is 16.3. The Morgan fingerprint density at radius 2 is 1.94 bits per heavy atom. The van der Waals surface area contributed by atoms with Gasteiger partial charge in [-0.3, -0.25) is 4.79 Å². The lowest BCUT2D eigenvalue weighted by Gasteiger charge is -2.22. The number of benzene rings is 2. The number of hydrogen-bond donors (Lipinski definition) is 0. The molecule has 0 aliphatic carbocycles. The third-order valence-corrected chi connectivity index (χ3v) is 7.65. The van der Waals surface area contributed by atoms with Crippen LogP contribution in [0.4, 0.5) is 0 Å². The molecule has 1 amide bonds. The predicted molar refractivity (Wildman–Crippen MR) is 125 cm³/mol. The highest BCUT2D eigenvalue weighted by Gasteiger charge is 2.32. The van der Waals surface area contributed by atoms with Gasteiger partial charge in [-0.25, -0.2) is 4.98 Å². The minimum Gasteiger partial charge on any atom is -0.332 e. The SMILES string of the molecule is CCn1c(SCC(=O)N2CCCC2c2nc3ccccc3s2)nnc1-c1ccccc1. The van der Waals surface area contributed by atoms with E-state index < -0.39 is 0 Å². The first-order valence-electron chi connectivity index (χ1n) is 10.5. The van der Waals surface area contributed by atoms with Gasteiger partial charge in [0.2, 0.25) is 5.91 Å². The van der Waals surface area contributed by atoms with E-state index in [4.69, 9.17) is 4.98 Å². The third-order valence-electron chi connectivity index (χ3n) is 5.56. The Hall–Kier alpha value is -2.71. The molecule has 1 unspecified atom stereocenters. The van der Waals surface area contributed by atoms with Crippen LogP contribution in [0, 0.1) is 0 Å². The number of carbonyl (C=O) groups excluding carboxylic acids is 1. The minimum atomic E-state index is 0.0782. The number of nitrogens with zero attached hydrogens (tertiary/aromatic N) is 5. The second kappa shape index (κ2) is 8.80. The molecule has 0 N–H and O–H groups in total. The van der Waals surface area contributed by atoms with E-state index in [1.807, 2.05) is 53.4 Å². The van der Waals surface area contributed by atoms with Crippen molar-refractivity contribution in [3.8, 4) is 11.4 Å². The molecule has 2 aromatic carbocycles. The van der Waals surface area contributed by atoms with E-state index in [9.17, 15) is 4.79 Å². The van der Waals surface area contributed by atoms with Crippen molar-refractivity contribution in [3.05, 3.63) is 59.6 Å². The number of thioether (sulfide) groups is 1. The summed E-state index contributed by atoms with van der Waals surface area (Å²) in [5, 5.41) is 10.6. The smallest absolute Gasteiger partial charge is 0.233 e. The first-order valence-corrected chi connectivity index (χ1v) is 12.3. The van der Waals surface area contributed by atoms with Crippen molar-refractivity contribution in [2.45, 2.75) is 37.5 Å². The standard InChI is InChI=1S/C23H23N5OS2/c1-2-27-21(16-9-4-3-5-10-16)25-26-23(27)30-15-20(29)28-14-8-12-18(28)22-24-17-11-6-7-13-19(17)31-22/h3-7,9-11,13,18H,2,8,12,14-15H2,1H3. The van der Waals surface area contributed by atoms with E-state index in [-0.39, 0.29) is 11.9 Å². The van der Waals surface area contributed by atoms with Crippen molar-refractivity contribution in [2.24, 2.45) is 0 Å². The number of hydrogen-bond acceptors (Lipinski definition) is 6. The monoisotopic (exact) mass is 449 g/mol. The molecule has 8 heteroatoms. The summed E-state index contributed by atoms with van der Waals surface area (Å²) >= 11 is 3.16. The van der Waals surface area contributed by atoms with Crippen molar-refractivity contribution >= 4 is 39.2 Å². The van der Waals surface area contributed by atoms with Crippen molar-refractivity contribution in [1.82, 2.24) is 24.6 Å². The van der Waals surface area contributed by atoms with E-state index in [1.54, 1.807) is 11.3 Å². The molecule has 0 radical (unpaired) electrons. The van der Waals surface area contributed by atoms with Gasteiger partial charge in [-0.2, -0.15) is 0 Å². The van der Waals surface area contributed by atoms with Gasteiger partial charge < -0.3 is 9.47 Å². The highest BCUT2D eigenvalue weighted by Crippen LogP contribution is 2.37. The largest absolute Gasteiger partial charge is 0.332 e. The van der Waals surface area contributed by atoms with Crippen LogP contribution in [-0.4, -0.2) is 42.9 Å². The molecule has 2 aromatic heterocycles. The topological polar surface area (TPSA) is 63.9 Å². The molecule has 5 rings (SSSR count). The molecule has 0 bridgehead atoms. The predicted octanol–water partition coefficient (Wildman–Crippen LogP) is 5.03. The lowest BCUT2D eigenvalue weighted by Crippen LogP contribution is -2.32. The highest BCUT2D eigenvalue weighted by molar-refractivity contribution is 7.99. The number of likely N-dealkylation sites (tertiary alicyclic amines) is 1. The first-order chi connectivity index (χ1) is 15.2. The van der Waals surface area contributed by atoms with E-state index in [0.29, 0.717) is 5.75 Å². The van der Waals surface area contributed by atoms with E-state index in [2.05, 4.69) is 27.8 Å². The van der Waals surface area contributed by atoms with Crippen molar-refractivity contribution in [3.63, 3.8) is 0 Å². The van der Waals surface area contributed by atoms with Crippen LogP contribution in [0.5, 0.6) is 0 Å². The molecule has 31 heavy (non-hydrogen) atoms. The van der Waals surface area contributed by atoms with Crippen LogP contribution in [0.25, 0.3) is 21.6 Å². The van der Waals surface area contributed by atoms with Crippen LogP contribution in [0.1, 0.15) is 30.8 Å². The van der Waals surface area contributed by atoms with Crippen LogP contribution in [-0.2, 0) is 11.3 Å². The Labute approximate surface area is 189 Å². The van der Waals surface area contributed by atoms with Gasteiger partial charge in [0.25, 0.3) is 0 Å². The quantitative estimate of drug-likeness (QED) is 0.386. The number of para-hydroxylation sites is 1. The summed E-state index contributed by atoms with van der Waals surface area (Å²) in [4.78, 5) is 19.9. The molecular formula is C23H23N5OS2. The van der Waals surface area contributed by atoms with Gasteiger partial charge >= 0.3 is 0 Å². The molecule has 0 saturated carbocycles. The van der Waals surface area contributed by atoms with Crippen LogP contribution < -0.4 is 0 Å². The molecule has 1 aliphatic heterocycles. The van der Waals surface area contributed by atoms with Crippen molar-refractivity contribution in [2.75, 3.05) is 12.3 Å². The number of amides is 1. The minimum absolute atomic E-state index is 0.0782. The van der Waals surface area contributed by atoms with Crippen molar-refractivity contribution in [1.29, 1.82) is 0 Å². The average molecular weight is 450 g/mol. The van der Waals surface area contributed by atoms with E-state index >= 15 is 0 Å². The summed E-state index contributed by atoms with van der Waals surface area (Å²) < 4.78 is 3.25. The van der Waals surface area contributed by atoms with Crippen LogP contribution in [0.3, 0.4) is 0 Å². The zero-order valence-corrected chi connectivity index (χ0v) is 18.9. The zero-order valence-electron chi connectivity index (χ0n) is 17.3. The lowest BCUT2D eigenvalue weighted by atomic mass is 10.2. The van der Waals surface area contributed by atoms with Gasteiger partial charge in [0, 0.05) is 18.7 Å². The highest BCUT2D eigenvalue weighted by atomic mass is 32.2. The summed E-state index contributed by atoms with van der Waals surface area (Å²) in [5.41, 5.74) is 2.05. The summed E-state index contributed by atoms with van der Waals surface area (Å²) in [6.07, 6.45) is 1.99. The summed E-state index contributed by atoms with van der Waals surface area (Å²) in [6.45, 7) is 3.62.